The van der Waals surface area contributed by atoms with Crippen molar-refractivity contribution in [3.05, 3.63) is 42.5 Å². The number of pyridine rings is 1. The summed E-state index contributed by atoms with van der Waals surface area (Å²) in [5.74, 6) is -0.375. The van der Waals surface area contributed by atoms with E-state index in [9.17, 15) is 4.39 Å². The van der Waals surface area contributed by atoms with Gasteiger partial charge in [0.1, 0.15) is 6.10 Å². The van der Waals surface area contributed by atoms with Crippen LogP contribution in [0.5, 0.6) is 0 Å². The van der Waals surface area contributed by atoms with Gasteiger partial charge in [-0.15, -0.1) is 0 Å². The Morgan fingerprint density at radius 3 is 3.11 bits per heavy atom. The third-order valence-electron chi connectivity index (χ3n) is 2.94. The predicted octanol–water partition coefficient (Wildman–Crippen LogP) is 1.07. The number of aromatic nitrogens is 3. The molecule has 6 heteroatoms. The molecule has 1 unspecified atom stereocenters. The maximum Gasteiger partial charge on any atom is 0.165 e. The van der Waals surface area contributed by atoms with E-state index in [1.165, 1.54) is 6.20 Å². The fourth-order valence-corrected chi connectivity index (χ4v) is 2.06. The molecule has 1 N–H and O–H groups in total. The molecule has 0 aromatic carbocycles. The van der Waals surface area contributed by atoms with Gasteiger partial charge in [-0.05, 0) is 6.07 Å². The lowest BCUT2D eigenvalue weighted by molar-refractivity contribution is 0.0240. The second kappa shape index (κ2) is 4.83. The van der Waals surface area contributed by atoms with Crippen LogP contribution < -0.4 is 5.32 Å². The topological polar surface area (TPSA) is 52.0 Å². The SMILES string of the molecule is Fc1cnccc1-n1cncc1C1CNCCO1. The zero-order valence-corrected chi connectivity index (χ0v) is 9.71. The quantitative estimate of drug-likeness (QED) is 0.863. The van der Waals surface area contributed by atoms with E-state index in [4.69, 9.17) is 4.74 Å². The molecule has 2 aromatic rings. The molecule has 18 heavy (non-hydrogen) atoms. The minimum Gasteiger partial charge on any atom is -0.369 e. The van der Waals surface area contributed by atoms with Gasteiger partial charge in [-0.1, -0.05) is 0 Å². The summed E-state index contributed by atoms with van der Waals surface area (Å²) < 4.78 is 21.1. The first-order valence-electron chi connectivity index (χ1n) is 5.80. The van der Waals surface area contributed by atoms with Crippen LogP contribution in [-0.2, 0) is 4.74 Å². The van der Waals surface area contributed by atoms with Gasteiger partial charge in [0.15, 0.2) is 5.82 Å². The summed E-state index contributed by atoms with van der Waals surface area (Å²) in [5.41, 5.74) is 1.28. The molecule has 3 heterocycles. The summed E-state index contributed by atoms with van der Waals surface area (Å²) in [6.07, 6.45) is 5.94. The lowest BCUT2D eigenvalue weighted by Gasteiger charge is -2.24. The maximum atomic E-state index is 13.7. The zero-order chi connectivity index (χ0) is 12.4. The lowest BCUT2D eigenvalue weighted by Crippen LogP contribution is -2.34. The van der Waals surface area contributed by atoms with Crippen molar-refractivity contribution >= 4 is 0 Å². The monoisotopic (exact) mass is 248 g/mol. The van der Waals surface area contributed by atoms with Crippen LogP contribution in [0.4, 0.5) is 4.39 Å². The molecule has 1 aliphatic rings. The summed E-state index contributed by atoms with van der Waals surface area (Å²) in [4.78, 5) is 7.83. The molecule has 0 radical (unpaired) electrons. The average Bonchev–Trinajstić information content (AvgIpc) is 2.89. The molecule has 0 aliphatic carbocycles. The number of rotatable bonds is 2. The van der Waals surface area contributed by atoms with E-state index in [2.05, 4.69) is 15.3 Å². The smallest absolute Gasteiger partial charge is 0.165 e. The number of ether oxygens (including phenoxy) is 1. The number of hydrogen-bond donors (Lipinski definition) is 1. The number of morpholine rings is 1. The summed E-state index contributed by atoms with van der Waals surface area (Å²) in [6.45, 7) is 2.20. The zero-order valence-electron chi connectivity index (χ0n) is 9.71. The standard InChI is InChI=1S/C12H13FN4O/c13-9-5-14-2-1-10(9)17-8-16-6-11(17)12-7-15-3-4-18-12/h1-2,5-6,8,12,15H,3-4,7H2. The molecule has 0 bridgehead atoms. The van der Waals surface area contributed by atoms with E-state index < -0.39 is 0 Å². The first-order chi connectivity index (χ1) is 8.86. The lowest BCUT2D eigenvalue weighted by atomic mass is 10.2. The van der Waals surface area contributed by atoms with Gasteiger partial charge in [0.2, 0.25) is 0 Å². The van der Waals surface area contributed by atoms with Crippen molar-refractivity contribution in [2.45, 2.75) is 6.10 Å². The molecule has 94 valence electrons. The van der Waals surface area contributed by atoms with Crippen LogP contribution in [0.25, 0.3) is 5.69 Å². The molecule has 0 amide bonds. The Kier molecular flexibility index (Phi) is 3.04. The van der Waals surface area contributed by atoms with Crippen LogP contribution in [0.2, 0.25) is 0 Å². The summed E-state index contributed by atoms with van der Waals surface area (Å²) in [7, 11) is 0. The molecule has 3 rings (SSSR count). The summed E-state index contributed by atoms with van der Waals surface area (Å²) in [5, 5.41) is 3.24. The normalized spacial score (nSPS) is 19.9. The Balaban J connectivity index is 1.98. The van der Waals surface area contributed by atoms with E-state index in [0.717, 1.165) is 12.2 Å². The molecular formula is C12H13FN4O. The van der Waals surface area contributed by atoms with Gasteiger partial charge < -0.3 is 10.1 Å². The fraction of sp³-hybridized carbons (Fsp3) is 0.333. The van der Waals surface area contributed by atoms with Crippen molar-refractivity contribution in [2.24, 2.45) is 0 Å². The minimum absolute atomic E-state index is 0.103. The van der Waals surface area contributed by atoms with Gasteiger partial charge in [-0.2, -0.15) is 0 Å². The highest BCUT2D eigenvalue weighted by molar-refractivity contribution is 5.33. The third kappa shape index (κ3) is 2.00. The molecule has 0 spiro atoms. The predicted molar refractivity (Wildman–Crippen MR) is 62.9 cm³/mol. The van der Waals surface area contributed by atoms with Crippen LogP contribution in [0.1, 0.15) is 11.8 Å². The van der Waals surface area contributed by atoms with Crippen molar-refractivity contribution < 1.29 is 9.13 Å². The first kappa shape index (κ1) is 11.3. The van der Waals surface area contributed by atoms with Crippen LogP contribution in [-0.4, -0.2) is 34.2 Å². The van der Waals surface area contributed by atoms with E-state index in [-0.39, 0.29) is 11.9 Å². The third-order valence-corrected chi connectivity index (χ3v) is 2.94. The first-order valence-corrected chi connectivity index (χ1v) is 5.80. The van der Waals surface area contributed by atoms with Crippen molar-refractivity contribution in [2.75, 3.05) is 19.7 Å². The molecule has 2 aromatic heterocycles. The Morgan fingerprint density at radius 1 is 1.39 bits per heavy atom. The van der Waals surface area contributed by atoms with Crippen LogP contribution in [0, 0.1) is 5.82 Å². The van der Waals surface area contributed by atoms with E-state index in [0.29, 0.717) is 18.8 Å². The van der Waals surface area contributed by atoms with Gasteiger partial charge in [0.25, 0.3) is 0 Å². The van der Waals surface area contributed by atoms with Gasteiger partial charge in [0.05, 0.1) is 36.7 Å². The number of halogens is 1. The second-order valence-electron chi connectivity index (χ2n) is 4.08. The Hall–Kier alpha value is -1.79. The molecule has 5 nitrogen and oxygen atoms in total. The molecule has 0 saturated carbocycles. The molecular weight excluding hydrogens is 235 g/mol. The Morgan fingerprint density at radius 2 is 2.33 bits per heavy atom. The van der Waals surface area contributed by atoms with E-state index >= 15 is 0 Å². The Bertz CT molecular complexity index is 536. The number of hydrogen-bond acceptors (Lipinski definition) is 4. The van der Waals surface area contributed by atoms with Crippen LogP contribution in [0.3, 0.4) is 0 Å². The second-order valence-corrected chi connectivity index (χ2v) is 4.08. The van der Waals surface area contributed by atoms with Gasteiger partial charge in [-0.3, -0.25) is 9.55 Å². The highest BCUT2D eigenvalue weighted by Gasteiger charge is 2.21. The fourth-order valence-electron chi connectivity index (χ4n) is 2.06. The molecule has 1 aliphatic heterocycles. The van der Waals surface area contributed by atoms with Gasteiger partial charge in [-0.25, -0.2) is 9.37 Å². The van der Waals surface area contributed by atoms with Crippen molar-refractivity contribution in [1.29, 1.82) is 0 Å². The molecule has 1 saturated heterocycles. The van der Waals surface area contributed by atoms with Crippen molar-refractivity contribution in [1.82, 2.24) is 19.9 Å². The van der Waals surface area contributed by atoms with Crippen LogP contribution >= 0.6 is 0 Å². The highest BCUT2D eigenvalue weighted by atomic mass is 19.1. The van der Waals surface area contributed by atoms with Crippen molar-refractivity contribution in [3.63, 3.8) is 0 Å². The van der Waals surface area contributed by atoms with Gasteiger partial charge >= 0.3 is 0 Å². The summed E-state index contributed by atoms with van der Waals surface area (Å²) in [6, 6.07) is 1.62. The average molecular weight is 248 g/mol. The largest absolute Gasteiger partial charge is 0.369 e. The Labute approximate surface area is 104 Å². The van der Waals surface area contributed by atoms with Gasteiger partial charge in [0, 0.05) is 19.3 Å². The molecule has 1 fully saturated rings. The number of nitrogens with zero attached hydrogens (tertiary/aromatic N) is 3. The number of imidazole rings is 1. The van der Waals surface area contributed by atoms with E-state index in [1.54, 1.807) is 29.4 Å². The number of nitrogens with one attached hydrogen (secondary N) is 1. The maximum absolute atomic E-state index is 13.7. The molecule has 1 atom stereocenters. The summed E-state index contributed by atoms with van der Waals surface area (Å²) >= 11 is 0. The minimum atomic E-state index is -0.375. The van der Waals surface area contributed by atoms with E-state index in [1.807, 2.05) is 0 Å². The van der Waals surface area contributed by atoms with Crippen molar-refractivity contribution in [3.8, 4) is 5.69 Å². The highest BCUT2D eigenvalue weighted by Crippen LogP contribution is 2.22. The van der Waals surface area contributed by atoms with Crippen LogP contribution in [0.15, 0.2) is 31.0 Å².